The number of rotatable bonds is 2. The molecule has 2 nitrogen and oxygen atoms in total. The third kappa shape index (κ3) is 1.93. The smallest absolute Gasteiger partial charge is 0.166 e. The number of Topliss-reactive ketones (excluding diaryl/α,β-unsaturated/α-hetero) is 1. The van der Waals surface area contributed by atoms with Gasteiger partial charge < -0.3 is 5.11 Å². The molecule has 0 spiro atoms. The number of carbonyl (C=O) groups is 1. The minimum Gasteiger partial charge on any atom is -0.507 e. The van der Waals surface area contributed by atoms with Gasteiger partial charge in [0.2, 0.25) is 0 Å². The van der Waals surface area contributed by atoms with E-state index in [0.29, 0.717) is 12.0 Å². The molecule has 0 unspecified atom stereocenters. The van der Waals surface area contributed by atoms with Crippen molar-refractivity contribution in [1.82, 2.24) is 0 Å². The normalized spacial score (nSPS) is 14.7. The topological polar surface area (TPSA) is 37.3 Å². The summed E-state index contributed by atoms with van der Waals surface area (Å²) in [5.74, 6) is 1.23. The zero-order valence-corrected chi connectivity index (χ0v) is 11.7. The minimum absolute atomic E-state index is 0.0856. The molecule has 3 rings (SSSR count). The van der Waals surface area contributed by atoms with Crippen molar-refractivity contribution in [3.8, 4) is 5.75 Å². The average Bonchev–Trinajstić information content (AvgIpc) is 2.43. The molecule has 0 atom stereocenters. The molecule has 1 N–H and O–H groups in total. The van der Waals surface area contributed by atoms with Gasteiger partial charge in [-0.15, -0.1) is 11.8 Å². The highest BCUT2D eigenvalue weighted by Crippen LogP contribution is 2.43. The molecule has 0 amide bonds. The molecule has 2 aromatic rings. The fourth-order valence-corrected chi connectivity index (χ4v) is 3.84. The van der Waals surface area contributed by atoms with Gasteiger partial charge in [0.15, 0.2) is 5.78 Å². The van der Waals surface area contributed by atoms with Crippen molar-refractivity contribution in [2.75, 3.05) is 5.75 Å². The van der Waals surface area contributed by atoms with Crippen LogP contribution < -0.4 is 0 Å². The highest BCUT2D eigenvalue weighted by Gasteiger charge is 2.26. The monoisotopic (exact) mass is 272 g/mol. The molecule has 0 heterocycles. The first-order valence-electron chi connectivity index (χ1n) is 6.66. The van der Waals surface area contributed by atoms with E-state index in [9.17, 15) is 9.90 Å². The fraction of sp³-hybridized carbons (Fsp3) is 0.312. The van der Waals surface area contributed by atoms with Crippen molar-refractivity contribution in [1.29, 1.82) is 0 Å². The number of ketones is 1. The van der Waals surface area contributed by atoms with Crippen LogP contribution >= 0.6 is 11.8 Å². The van der Waals surface area contributed by atoms with E-state index in [-0.39, 0.29) is 11.5 Å². The van der Waals surface area contributed by atoms with Crippen molar-refractivity contribution < 1.29 is 9.90 Å². The number of phenolic OH excluding ortho intramolecular Hbond substituents is 1. The van der Waals surface area contributed by atoms with Crippen LogP contribution in [0.4, 0.5) is 0 Å². The van der Waals surface area contributed by atoms with Crippen molar-refractivity contribution in [2.45, 2.75) is 31.1 Å². The van der Waals surface area contributed by atoms with Gasteiger partial charge in [0.05, 0.1) is 5.56 Å². The summed E-state index contributed by atoms with van der Waals surface area (Å²) in [6, 6.07) is 7.82. The van der Waals surface area contributed by atoms with Gasteiger partial charge >= 0.3 is 0 Å². The highest BCUT2D eigenvalue weighted by molar-refractivity contribution is 7.99. The molecule has 0 saturated heterocycles. The Morgan fingerprint density at radius 2 is 1.95 bits per heavy atom. The van der Waals surface area contributed by atoms with Crippen LogP contribution in [0.1, 0.15) is 35.7 Å². The summed E-state index contributed by atoms with van der Waals surface area (Å²) in [5, 5.41) is 12.3. The van der Waals surface area contributed by atoms with Gasteiger partial charge in [-0.3, -0.25) is 4.79 Å². The second kappa shape index (κ2) is 4.89. The third-order valence-corrected chi connectivity index (χ3v) is 4.68. The van der Waals surface area contributed by atoms with Crippen molar-refractivity contribution in [3.05, 3.63) is 35.4 Å². The third-order valence-electron chi connectivity index (χ3n) is 3.64. The lowest BCUT2D eigenvalue weighted by Crippen LogP contribution is -2.12. The molecule has 0 fully saturated rings. The van der Waals surface area contributed by atoms with Gasteiger partial charge in [0, 0.05) is 16.7 Å². The van der Waals surface area contributed by atoms with Crippen molar-refractivity contribution in [2.24, 2.45) is 0 Å². The Morgan fingerprint density at radius 1 is 1.21 bits per heavy atom. The predicted molar refractivity (Wildman–Crippen MR) is 79.3 cm³/mol. The molecule has 1 aliphatic carbocycles. The van der Waals surface area contributed by atoms with Crippen LogP contribution in [0, 0.1) is 0 Å². The fourth-order valence-electron chi connectivity index (χ4n) is 2.84. The molecule has 0 radical (unpaired) electrons. The van der Waals surface area contributed by atoms with Crippen LogP contribution in [0.15, 0.2) is 29.2 Å². The SMILES string of the molecule is CCSc1c2c(c(O)c3ccccc13)C(=O)CCC2. The Morgan fingerprint density at radius 3 is 2.68 bits per heavy atom. The Kier molecular flexibility index (Phi) is 3.23. The van der Waals surface area contributed by atoms with Crippen LogP contribution in [-0.2, 0) is 6.42 Å². The van der Waals surface area contributed by atoms with Crippen LogP contribution in [0.3, 0.4) is 0 Å². The lowest BCUT2D eigenvalue weighted by molar-refractivity contribution is 0.0969. The molecule has 0 saturated carbocycles. The van der Waals surface area contributed by atoms with Crippen LogP contribution in [0.2, 0.25) is 0 Å². The Labute approximate surface area is 116 Å². The quantitative estimate of drug-likeness (QED) is 0.833. The molecular weight excluding hydrogens is 256 g/mol. The van der Waals surface area contributed by atoms with Gasteiger partial charge in [-0.2, -0.15) is 0 Å². The Hall–Kier alpha value is -1.48. The number of aromatic hydroxyl groups is 1. The van der Waals surface area contributed by atoms with E-state index in [1.807, 2.05) is 24.3 Å². The van der Waals surface area contributed by atoms with Crippen LogP contribution in [0.5, 0.6) is 5.75 Å². The summed E-state index contributed by atoms with van der Waals surface area (Å²) in [4.78, 5) is 13.3. The van der Waals surface area contributed by atoms with E-state index in [2.05, 4.69) is 6.92 Å². The number of thioether (sulfide) groups is 1. The predicted octanol–water partition coefficient (Wildman–Crippen LogP) is 4.18. The van der Waals surface area contributed by atoms with Crippen LogP contribution in [-0.4, -0.2) is 16.6 Å². The minimum atomic E-state index is 0.0856. The van der Waals surface area contributed by atoms with Crippen LogP contribution in [0.25, 0.3) is 10.8 Å². The Bertz CT molecular complexity index is 661. The summed E-state index contributed by atoms with van der Waals surface area (Å²) in [6.07, 6.45) is 2.33. The summed E-state index contributed by atoms with van der Waals surface area (Å²) in [7, 11) is 0. The maximum Gasteiger partial charge on any atom is 0.166 e. The molecular formula is C16H16O2S. The van der Waals surface area contributed by atoms with E-state index in [0.717, 1.165) is 34.9 Å². The lowest BCUT2D eigenvalue weighted by atomic mass is 9.87. The van der Waals surface area contributed by atoms with Crippen molar-refractivity contribution >= 4 is 28.3 Å². The maximum atomic E-state index is 12.1. The highest BCUT2D eigenvalue weighted by atomic mass is 32.2. The molecule has 0 aliphatic heterocycles. The first-order valence-corrected chi connectivity index (χ1v) is 7.65. The molecule has 98 valence electrons. The first-order chi connectivity index (χ1) is 9.24. The zero-order chi connectivity index (χ0) is 13.4. The van der Waals surface area contributed by atoms with Gasteiger partial charge in [-0.25, -0.2) is 0 Å². The van der Waals surface area contributed by atoms with Crippen molar-refractivity contribution in [3.63, 3.8) is 0 Å². The summed E-state index contributed by atoms with van der Waals surface area (Å²) < 4.78 is 0. The van der Waals surface area contributed by atoms with E-state index in [1.54, 1.807) is 11.8 Å². The molecule has 3 heteroatoms. The zero-order valence-electron chi connectivity index (χ0n) is 10.9. The van der Waals surface area contributed by atoms with E-state index >= 15 is 0 Å². The second-order valence-electron chi connectivity index (χ2n) is 4.79. The Balaban J connectivity index is 2.42. The largest absolute Gasteiger partial charge is 0.507 e. The summed E-state index contributed by atoms with van der Waals surface area (Å²) >= 11 is 1.77. The van der Waals surface area contributed by atoms with Gasteiger partial charge in [0.1, 0.15) is 5.75 Å². The van der Waals surface area contributed by atoms with E-state index in [1.165, 1.54) is 4.90 Å². The van der Waals surface area contributed by atoms with Gasteiger partial charge in [0.25, 0.3) is 0 Å². The number of phenols is 1. The van der Waals surface area contributed by atoms with E-state index < -0.39 is 0 Å². The number of hydrogen-bond donors (Lipinski definition) is 1. The van der Waals surface area contributed by atoms with Gasteiger partial charge in [-0.1, -0.05) is 31.2 Å². The maximum absolute atomic E-state index is 12.1. The van der Waals surface area contributed by atoms with E-state index in [4.69, 9.17) is 0 Å². The molecule has 0 aromatic heterocycles. The summed E-state index contributed by atoms with van der Waals surface area (Å²) in [6.45, 7) is 2.11. The molecule has 2 aromatic carbocycles. The summed E-state index contributed by atoms with van der Waals surface area (Å²) in [5.41, 5.74) is 1.63. The average molecular weight is 272 g/mol. The lowest BCUT2D eigenvalue weighted by Gasteiger charge is -2.21. The number of benzene rings is 2. The molecule has 0 bridgehead atoms. The molecule has 19 heavy (non-hydrogen) atoms. The number of hydrogen-bond acceptors (Lipinski definition) is 3. The molecule has 1 aliphatic rings. The first kappa shape index (κ1) is 12.5. The van der Waals surface area contributed by atoms with Gasteiger partial charge in [-0.05, 0) is 29.5 Å². The number of carbonyl (C=O) groups excluding carboxylic acids is 1. The standard InChI is InChI=1S/C16H16O2S/c1-2-19-16-11-7-4-3-6-10(11)15(18)14-12(16)8-5-9-13(14)17/h3-4,6-7,18H,2,5,8-9H2,1H3. The number of fused-ring (bicyclic) bond motifs is 2. The second-order valence-corrected chi connectivity index (χ2v) is 6.06.